The minimum atomic E-state index is -0.671. The van der Waals surface area contributed by atoms with Crippen molar-refractivity contribution in [2.24, 2.45) is 20.0 Å². The van der Waals surface area contributed by atoms with Crippen LogP contribution in [0.1, 0.15) is 76.3 Å². The Morgan fingerprint density at radius 2 is 0.952 bits per heavy atom. The number of cyclic esters (lactones) is 2. The van der Waals surface area contributed by atoms with E-state index in [1.54, 1.807) is 48.5 Å². The zero-order valence-corrected chi connectivity index (χ0v) is 25.5. The Labute approximate surface area is 257 Å². The largest absolute Gasteiger partial charge is 0.405 e. The quantitative estimate of drug-likeness (QED) is 0.122. The van der Waals surface area contributed by atoms with Crippen LogP contribution in [0.25, 0.3) is 0 Å². The Balaban J connectivity index is 1.05. The van der Waals surface area contributed by atoms with Gasteiger partial charge in [0, 0.05) is 45.7 Å². The SMILES string of the molecule is CC(=NCCCCCCCCCCN=C(C)C1N=C(c2ccc(Cl)cc2)OC1=O)C1N=C(c2ccc(Cl)cc2)OC1=O. The fourth-order valence-corrected chi connectivity index (χ4v) is 4.89. The Morgan fingerprint density at radius 3 is 1.31 bits per heavy atom. The minimum Gasteiger partial charge on any atom is -0.405 e. The number of nitrogens with zero attached hydrogens (tertiary/aromatic N) is 4. The molecule has 2 atom stereocenters. The molecule has 0 spiro atoms. The number of ether oxygens (including phenoxy) is 2. The molecule has 0 aliphatic carbocycles. The fraction of sp³-hybridized carbons (Fsp3) is 0.438. The summed E-state index contributed by atoms with van der Waals surface area (Å²) in [6.07, 6.45) is 8.85. The standard InChI is InChI=1S/C32H36Cl2N4O4/c1-21(27-31(39)41-29(37-27)23-11-15-25(33)16-12-23)35-19-9-7-5-3-4-6-8-10-20-36-22(2)28-32(40)42-30(38-28)24-13-17-26(34)18-14-24/h11-18,27-28H,3-10,19-20H2,1-2H3. The van der Waals surface area contributed by atoms with Crippen LogP contribution < -0.4 is 0 Å². The monoisotopic (exact) mass is 610 g/mol. The first kappa shape index (κ1) is 31.6. The van der Waals surface area contributed by atoms with Crippen molar-refractivity contribution in [2.75, 3.05) is 13.1 Å². The molecule has 2 aromatic carbocycles. The Kier molecular flexibility index (Phi) is 11.8. The molecule has 2 unspecified atom stereocenters. The second-order valence-corrected chi connectivity index (χ2v) is 11.3. The summed E-state index contributed by atoms with van der Waals surface area (Å²) in [5, 5.41) is 1.23. The molecule has 10 heteroatoms. The maximum atomic E-state index is 12.3. The summed E-state index contributed by atoms with van der Waals surface area (Å²) in [6, 6.07) is 12.7. The summed E-state index contributed by atoms with van der Waals surface area (Å²) in [5.41, 5.74) is 2.81. The molecule has 0 amide bonds. The van der Waals surface area contributed by atoms with E-state index < -0.39 is 12.1 Å². The van der Waals surface area contributed by atoms with Gasteiger partial charge in [0.15, 0.2) is 12.1 Å². The van der Waals surface area contributed by atoms with Crippen LogP contribution in [0.15, 0.2) is 68.5 Å². The molecule has 4 rings (SSSR count). The first-order valence-electron chi connectivity index (χ1n) is 14.4. The number of rotatable bonds is 15. The van der Waals surface area contributed by atoms with Crippen LogP contribution in [0.2, 0.25) is 10.0 Å². The second-order valence-electron chi connectivity index (χ2n) is 10.4. The lowest BCUT2D eigenvalue weighted by atomic mass is 10.1. The number of hydrogen-bond donors (Lipinski definition) is 0. The maximum absolute atomic E-state index is 12.3. The number of hydrogen-bond acceptors (Lipinski definition) is 8. The highest BCUT2D eigenvalue weighted by atomic mass is 35.5. The Morgan fingerprint density at radius 1 is 0.619 bits per heavy atom. The van der Waals surface area contributed by atoms with Gasteiger partial charge in [0.1, 0.15) is 0 Å². The van der Waals surface area contributed by atoms with Crippen LogP contribution in [0.4, 0.5) is 0 Å². The van der Waals surface area contributed by atoms with Gasteiger partial charge in [0.25, 0.3) is 0 Å². The molecule has 0 N–H and O–H groups in total. The highest BCUT2D eigenvalue weighted by molar-refractivity contribution is 6.31. The van der Waals surface area contributed by atoms with E-state index >= 15 is 0 Å². The third-order valence-electron chi connectivity index (χ3n) is 7.10. The molecule has 0 bridgehead atoms. The summed E-state index contributed by atoms with van der Waals surface area (Å²) in [5.74, 6) is -0.149. The van der Waals surface area contributed by atoms with Crippen LogP contribution in [0, 0.1) is 0 Å². The van der Waals surface area contributed by atoms with Crippen LogP contribution in [-0.4, -0.2) is 60.3 Å². The van der Waals surface area contributed by atoms with Crippen molar-refractivity contribution in [3.8, 4) is 0 Å². The van der Waals surface area contributed by atoms with Crippen molar-refractivity contribution >= 4 is 58.4 Å². The Hall–Kier alpha value is -3.36. The smallest absolute Gasteiger partial charge is 0.343 e. The molecule has 0 fully saturated rings. The van der Waals surface area contributed by atoms with E-state index in [0.717, 1.165) is 49.7 Å². The van der Waals surface area contributed by atoms with Crippen molar-refractivity contribution in [3.63, 3.8) is 0 Å². The highest BCUT2D eigenvalue weighted by Crippen LogP contribution is 2.19. The predicted octanol–water partition coefficient (Wildman–Crippen LogP) is 7.08. The second kappa shape index (κ2) is 15.8. The molecule has 2 aliphatic rings. The lowest BCUT2D eigenvalue weighted by molar-refractivity contribution is -0.134. The molecule has 222 valence electrons. The molecule has 8 nitrogen and oxygen atoms in total. The van der Waals surface area contributed by atoms with Crippen LogP contribution in [-0.2, 0) is 19.1 Å². The van der Waals surface area contributed by atoms with Gasteiger partial charge in [-0.15, -0.1) is 0 Å². The van der Waals surface area contributed by atoms with E-state index in [-0.39, 0.29) is 11.9 Å². The average molecular weight is 612 g/mol. The molecule has 0 saturated carbocycles. The van der Waals surface area contributed by atoms with Crippen molar-refractivity contribution in [1.82, 2.24) is 0 Å². The molecule has 2 aliphatic heterocycles. The molecule has 2 aromatic rings. The normalized spacial score (nSPS) is 19.0. The number of carbonyl (C=O) groups excluding carboxylic acids is 2. The van der Waals surface area contributed by atoms with E-state index in [1.807, 2.05) is 13.8 Å². The van der Waals surface area contributed by atoms with Crippen molar-refractivity contribution in [1.29, 1.82) is 0 Å². The third kappa shape index (κ3) is 9.07. The number of benzene rings is 2. The zero-order valence-electron chi connectivity index (χ0n) is 24.0. The molecule has 0 aromatic heterocycles. The lowest BCUT2D eigenvalue weighted by Gasteiger charge is -2.04. The summed E-state index contributed by atoms with van der Waals surface area (Å²) in [6.45, 7) is 5.02. The van der Waals surface area contributed by atoms with Gasteiger partial charge in [-0.05, 0) is 75.2 Å². The summed E-state index contributed by atoms with van der Waals surface area (Å²) in [7, 11) is 0. The van der Waals surface area contributed by atoms with Crippen LogP contribution >= 0.6 is 23.2 Å². The highest BCUT2D eigenvalue weighted by Gasteiger charge is 2.33. The summed E-state index contributed by atoms with van der Waals surface area (Å²) >= 11 is 11.9. The van der Waals surface area contributed by atoms with E-state index in [1.165, 1.54) is 12.8 Å². The molecule has 0 saturated heterocycles. The maximum Gasteiger partial charge on any atom is 0.343 e. The van der Waals surface area contributed by atoms with E-state index in [0.29, 0.717) is 46.4 Å². The van der Waals surface area contributed by atoms with Gasteiger partial charge in [-0.1, -0.05) is 61.7 Å². The van der Waals surface area contributed by atoms with Gasteiger partial charge in [-0.25, -0.2) is 19.6 Å². The van der Waals surface area contributed by atoms with Gasteiger partial charge < -0.3 is 9.47 Å². The first-order chi connectivity index (χ1) is 20.3. The van der Waals surface area contributed by atoms with Gasteiger partial charge >= 0.3 is 11.9 Å². The van der Waals surface area contributed by atoms with Crippen LogP contribution in [0.5, 0.6) is 0 Å². The van der Waals surface area contributed by atoms with Crippen LogP contribution in [0.3, 0.4) is 0 Å². The third-order valence-corrected chi connectivity index (χ3v) is 7.60. The van der Waals surface area contributed by atoms with E-state index in [4.69, 9.17) is 32.7 Å². The number of esters is 2. The van der Waals surface area contributed by atoms with Gasteiger partial charge in [0.05, 0.1) is 0 Å². The summed E-state index contributed by atoms with van der Waals surface area (Å²) in [4.78, 5) is 42.5. The number of aliphatic imine (C=N–C) groups is 4. The number of carbonyl (C=O) groups is 2. The molecule has 2 heterocycles. The minimum absolute atomic E-state index is 0.314. The van der Waals surface area contributed by atoms with Crippen molar-refractivity contribution in [2.45, 2.75) is 77.3 Å². The predicted molar refractivity (Wildman–Crippen MR) is 169 cm³/mol. The molecule has 42 heavy (non-hydrogen) atoms. The summed E-state index contributed by atoms with van der Waals surface area (Å²) < 4.78 is 10.7. The van der Waals surface area contributed by atoms with Gasteiger partial charge in [-0.2, -0.15) is 0 Å². The van der Waals surface area contributed by atoms with E-state index in [9.17, 15) is 9.59 Å². The zero-order chi connectivity index (χ0) is 29.9. The van der Waals surface area contributed by atoms with Crippen molar-refractivity contribution in [3.05, 3.63) is 69.7 Å². The topological polar surface area (TPSA) is 102 Å². The van der Waals surface area contributed by atoms with Gasteiger partial charge in [-0.3, -0.25) is 9.98 Å². The lowest BCUT2D eigenvalue weighted by Crippen LogP contribution is -2.23. The molecular formula is C32H36Cl2N4O4. The molecular weight excluding hydrogens is 575 g/mol. The number of unbranched alkanes of at least 4 members (excludes halogenated alkanes) is 7. The first-order valence-corrected chi connectivity index (χ1v) is 15.2. The average Bonchev–Trinajstić information content (AvgIpc) is 3.56. The molecule has 0 radical (unpaired) electrons. The van der Waals surface area contributed by atoms with E-state index in [2.05, 4.69) is 20.0 Å². The number of halogens is 2. The fourth-order valence-electron chi connectivity index (χ4n) is 4.64. The van der Waals surface area contributed by atoms with Gasteiger partial charge in [0.2, 0.25) is 11.8 Å². The Bertz CT molecular complexity index is 1260. The van der Waals surface area contributed by atoms with Crippen molar-refractivity contribution < 1.29 is 19.1 Å².